The largest absolute Gasteiger partial charge is 0.364 e. The van der Waals surface area contributed by atoms with Crippen LogP contribution in [-0.2, 0) is 13.0 Å². The Morgan fingerprint density at radius 3 is 2.40 bits per heavy atom. The summed E-state index contributed by atoms with van der Waals surface area (Å²) in [6, 6.07) is 29.6. The number of amidine groups is 1. The molecule has 0 saturated heterocycles. The van der Waals surface area contributed by atoms with Crippen LogP contribution < -0.4 is 5.32 Å². The predicted octanol–water partition coefficient (Wildman–Crippen LogP) is 9.56. The van der Waals surface area contributed by atoms with Crippen molar-refractivity contribution in [3.63, 3.8) is 0 Å². The molecule has 1 aliphatic carbocycles. The molecule has 0 atom stereocenters. The van der Waals surface area contributed by atoms with Gasteiger partial charge in [0.2, 0.25) is 0 Å². The van der Waals surface area contributed by atoms with Gasteiger partial charge in [-0.3, -0.25) is 4.99 Å². The van der Waals surface area contributed by atoms with Crippen LogP contribution in [0.1, 0.15) is 61.8 Å². The summed E-state index contributed by atoms with van der Waals surface area (Å²) in [5, 5.41) is 12.6. The van der Waals surface area contributed by atoms with Crippen molar-refractivity contribution in [2.24, 2.45) is 4.99 Å². The van der Waals surface area contributed by atoms with E-state index in [1.807, 2.05) is 24.3 Å². The van der Waals surface area contributed by atoms with Gasteiger partial charge < -0.3 is 10.7 Å². The van der Waals surface area contributed by atoms with E-state index in [1.54, 1.807) is 0 Å². The molecule has 3 aromatic carbocycles. The van der Waals surface area contributed by atoms with Gasteiger partial charge in [-0.2, -0.15) is 0 Å². The van der Waals surface area contributed by atoms with E-state index in [1.165, 1.54) is 27.8 Å². The van der Waals surface area contributed by atoms with Crippen LogP contribution in [0.15, 0.2) is 138 Å². The minimum absolute atomic E-state index is 0.398. The lowest BCUT2D eigenvalue weighted by atomic mass is 9.93. The van der Waals surface area contributed by atoms with Crippen molar-refractivity contribution >= 4 is 22.7 Å². The van der Waals surface area contributed by atoms with E-state index in [2.05, 4.69) is 117 Å². The maximum Gasteiger partial charge on any atom is 0.128 e. The molecule has 0 amide bonds. The molecule has 0 unspecified atom stereocenters. The number of aliphatic imine (C=N–C) groups is 1. The molecule has 2 N–H and O–H groups in total. The van der Waals surface area contributed by atoms with Crippen molar-refractivity contribution < 1.29 is 0 Å². The Morgan fingerprint density at radius 1 is 0.952 bits per heavy atom. The Kier molecular flexibility index (Phi) is 11.7. The molecule has 3 heteroatoms. The number of nitrogens with zero attached hydrogens (tertiary/aromatic N) is 1. The average molecular weight is 554 g/mol. The summed E-state index contributed by atoms with van der Waals surface area (Å²) in [6.45, 7) is 9.22. The smallest absolute Gasteiger partial charge is 0.128 e. The third-order valence-electron chi connectivity index (χ3n) is 7.60. The van der Waals surface area contributed by atoms with Crippen LogP contribution in [0.2, 0.25) is 0 Å². The molecule has 0 fully saturated rings. The van der Waals surface area contributed by atoms with Crippen LogP contribution >= 0.6 is 0 Å². The van der Waals surface area contributed by atoms with Crippen molar-refractivity contribution in [2.75, 3.05) is 6.54 Å². The Hall–Kier alpha value is -4.50. The Balaban J connectivity index is 1.53. The van der Waals surface area contributed by atoms with Crippen molar-refractivity contribution in [1.29, 1.82) is 5.41 Å². The normalized spacial score (nSPS) is 14.2. The maximum absolute atomic E-state index is 9.01. The van der Waals surface area contributed by atoms with Gasteiger partial charge in [0, 0.05) is 5.57 Å². The van der Waals surface area contributed by atoms with E-state index < -0.39 is 0 Å². The van der Waals surface area contributed by atoms with Crippen LogP contribution in [0.3, 0.4) is 0 Å². The van der Waals surface area contributed by atoms with Crippen molar-refractivity contribution in [3.8, 4) is 0 Å². The zero-order valence-electron chi connectivity index (χ0n) is 25.1. The fourth-order valence-electron chi connectivity index (χ4n) is 5.15. The van der Waals surface area contributed by atoms with E-state index in [9.17, 15) is 0 Å². The molecule has 3 nitrogen and oxygen atoms in total. The van der Waals surface area contributed by atoms with Crippen LogP contribution in [0.25, 0.3) is 11.1 Å². The summed E-state index contributed by atoms with van der Waals surface area (Å²) in [6.07, 6.45) is 15.2. The van der Waals surface area contributed by atoms with Crippen LogP contribution in [0.5, 0.6) is 0 Å². The molecule has 0 radical (unpaired) electrons. The third kappa shape index (κ3) is 8.75. The van der Waals surface area contributed by atoms with E-state index >= 15 is 0 Å². The quantitative estimate of drug-likeness (QED) is 0.124. The van der Waals surface area contributed by atoms with Gasteiger partial charge in [-0.05, 0) is 84.1 Å². The van der Waals surface area contributed by atoms with Crippen LogP contribution in [0, 0.1) is 5.41 Å². The number of aryl methyl sites for hydroxylation is 1. The molecule has 0 saturated carbocycles. The summed E-state index contributed by atoms with van der Waals surface area (Å²) in [5.74, 6) is 0.834. The fourth-order valence-corrected chi connectivity index (χ4v) is 5.15. The first kappa shape index (κ1) is 30.5. The highest BCUT2D eigenvalue weighted by atomic mass is 15.0. The summed E-state index contributed by atoms with van der Waals surface area (Å²) in [5.41, 5.74) is 10.2. The Labute approximate surface area is 252 Å². The molecular weight excluding hydrogens is 510 g/mol. The third-order valence-corrected chi connectivity index (χ3v) is 7.60. The first-order valence-corrected chi connectivity index (χ1v) is 15.0. The van der Waals surface area contributed by atoms with Gasteiger partial charge in [0.1, 0.15) is 5.84 Å². The molecule has 42 heavy (non-hydrogen) atoms. The first-order valence-electron chi connectivity index (χ1n) is 15.0. The van der Waals surface area contributed by atoms with Gasteiger partial charge in [-0.25, -0.2) is 0 Å². The highest BCUT2D eigenvalue weighted by Gasteiger charge is 2.14. The average Bonchev–Trinajstić information content (AvgIpc) is 3.05. The van der Waals surface area contributed by atoms with Crippen LogP contribution in [-0.4, -0.2) is 18.1 Å². The second-order valence-electron chi connectivity index (χ2n) is 10.5. The molecule has 1 aliphatic rings. The number of allylic oxidation sites excluding steroid dienone is 6. The molecule has 3 aromatic rings. The van der Waals surface area contributed by atoms with E-state index in [0.717, 1.165) is 48.2 Å². The van der Waals surface area contributed by atoms with Gasteiger partial charge in [0.25, 0.3) is 0 Å². The molecule has 0 bridgehead atoms. The highest BCUT2D eigenvalue weighted by Crippen LogP contribution is 2.27. The predicted molar refractivity (Wildman–Crippen MR) is 182 cm³/mol. The number of nitrogens with one attached hydrogen (secondary N) is 2. The zero-order valence-corrected chi connectivity index (χ0v) is 25.1. The Bertz CT molecular complexity index is 1500. The van der Waals surface area contributed by atoms with Gasteiger partial charge in [-0.1, -0.05) is 116 Å². The van der Waals surface area contributed by atoms with Crippen LogP contribution in [0.4, 0.5) is 0 Å². The summed E-state index contributed by atoms with van der Waals surface area (Å²) in [7, 11) is 0. The van der Waals surface area contributed by atoms with E-state index in [4.69, 9.17) is 10.4 Å². The van der Waals surface area contributed by atoms with Crippen molar-refractivity contribution in [3.05, 3.63) is 155 Å². The number of hydrogen-bond donors (Lipinski definition) is 2. The standard InChI is InChI=1S/C39H43N3/c1-4-15-34(25-24-32(6-3)35-21-13-18-30(5-2)26-35)38(40)29-42-39(41-28-31-16-9-7-10-17-31)37-23-14-22-36(27-37)33-19-11-8-12-20-33/h4,6-13,16-21,23,25-27,40H,1,5,14-15,22,24,28-29H2,2-3H3,(H,41,42)/b32-6?,34-25+,40-38?. The van der Waals surface area contributed by atoms with Crippen molar-refractivity contribution in [1.82, 2.24) is 5.32 Å². The molecular formula is C39H43N3. The fraction of sp³-hybridized carbons (Fsp3) is 0.231. The Morgan fingerprint density at radius 2 is 1.69 bits per heavy atom. The number of rotatable bonds is 13. The minimum atomic E-state index is 0.398. The molecule has 0 spiro atoms. The van der Waals surface area contributed by atoms with Gasteiger partial charge >= 0.3 is 0 Å². The lowest BCUT2D eigenvalue weighted by molar-refractivity contribution is 0.980. The lowest BCUT2D eigenvalue weighted by Crippen LogP contribution is -2.31. The molecule has 0 aromatic heterocycles. The molecule has 214 valence electrons. The molecule has 0 heterocycles. The second-order valence-corrected chi connectivity index (χ2v) is 10.5. The van der Waals surface area contributed by atoms with Gasteiger partial charge in [0.05, 0.1) is 18.8 Å². The van der Waals surface area contributed by atoms with Gasteiger partial charge in [-0.15, -0.1) is 6.58 Å². The first-order chi connectivity index (χ1) is 20.6. The second kappa shape index (κ2) is 16.1. The summed E-state index contributed by atoms with van der Waals surface area (Å²) in [4.78, 5) is 5.01. The van der Waals surface area contributed by atoms with Gasteiger partial charge in [0.15, 0.2) is 0 Å². The summed E-state index contributed by atoms with van der Waals surface area (Å²) < 4.78 is 0. The monoisotopic (exact) mass is 553 g/mol. The summed E-state index contributed by atoms with van der Waals surface area (Å²) >= 11 is 0. The minimum Gasteiger partial charge on any atom is -0.364 e. The SMILES string of the molecule is C=CC/C(=C\CC(=CC)c1cccc(CC)c1)C(=N)CNC(=NCc1ccccc1)C1=CCCC(c2ccccc2)=C1. The number of hydrogen-bond acceptors (Lipinski definition) is 2. The van der Waals surface area contributed by atoms with E-state index in [0.29, 0.717) is 25.2 Å². The maximum atomic E-state index is 9.01. The lowest BCUT2D eigenvalue weighted by Gasteiger charge is -2.18. The topological polar surface area (TPSA) is 48.2 Å². The van der Waals surface area contributed by atoms with E-state index in [-0.39, 0.29) is 0 Å². The van der Waals surface area contributed by atoms with Crippen molar-refractivity contribution in [2.45, 2.75) is 52.5 Å². The zero-order chi connectivity index (χ0) is 29.6. The molecule has 4 rings (SSSR count). The molecule has 0 aliphatic heterocycles. The number of benzene rings is 3. The highest BCUT2D eigenvalue weighted by molar-refractivity contribution is 6.07.